The molecule has 1 aliphatic carbocycles. The first-order chi connectivity index (χ1) is 9.16. The minimum atomic E-state index is -0.145. The van der Waals surface area contributed by atoms with Gasteiger partial charge in [-0.25, -0.2) is 0 Å². The van der Waals surface area contributed by atoms with Crippen LogP contribution in [0.4, 0.5) is 0 Å². The van der Waals surface area contributed by atoms with Crippen LogP contribution in [0.1, 0.15) is 0 Å². The highest BCUT2D eigenvalue weighted by molar-refractivity contribution is 5.56. The topological polar surface area (TPSA) is 46.8 Å². The molecule has 0 aromatic heterocycles. The van der Waals surface area contributed by atoms with Crippen LogP contribution in [-0.4, -0.2) is 54.6 Å². The van der Waals surface area contributed by atoms with E-state index in [-0.39, 0.29) is 6.29 Å². The van der Waals surface area contributed by atoms with Gasteiger partial charge in [0.15, 0.2) is 0 Å². The van der Waals surface area contributed by atoms with Crippen LogP contribution in [0.5, 0.6) is 0 Å². The van der Waals surface area contributed by atoms with E-state index in [4.69, 9.17) is 0 Å². The van der Waals surface area contributed by atoms with Crippen LogP contribution in [0.25, 0.3) is 0 Å². The van der Waals surface area contributed by atoms with Crippen LogP contribution in [0.3, 0.4) is 0 Å². The molecule has 0 amide bonds. The summed E-state index contributed by atoms with van der Waals surface area (Å²) in [5, 5.41) is 14.8. The van der Waals surface area contributed by atoms with E-state index in [0.29, 0.717) is 12.0 Å². The molecule has 6 nitrogen and oxygen atoms in total. The summed E-state index contributed by atoms with van der Waals surface area (Å²) >= 11 is 0. The van der Waals surface area contributed by atoms with Crippen molar-refractivity contribution in [3.05, 3.63) is 36.2 Å². The van der Waals surface area contributed by atoms with Crippen LogP contribution in [0.15, 0.2) is 51.5 Å². The maximum absolute atomic E-state index is 4.44. The predicted octanol–water partition coefficient (Wildman–Crippen LogP) is 1.44. The average Bonchev–Trinajstić information content (AvgIpc) is 2.90. The van der Waals surface area contributed by atoms with Crippen molar-refractivity contribution in [2.75, 3.05) is 21.1 Å². The molecule has 100 valence electrons. The maximum atomic E-state index is 4.44. The molecule has 0 bridgehead atoms. The third kappa shape index (κ3) is 2.03. The lowest BCUT2D eigenvalue weighted by Gasteiger charge is -2.23. The zero-order valence-corrected chi connectivity index (χ0v) is 11.4. The molecule has 2 aliphatic heterocycles. The maximum Gasteiger partial charge on any atom is 0.233 e. The van der Waals surface area contributed by atoms with Crippen molar-refractivity contribution in [3.8, 4) is 0 Å². The molecule has 2 heterocycles. The number of hydrazone groups is 1. The fraction of sp³-hybridized carbons (Fsp3) is 0.462. The first kappa shape index (κ1) is 12.0. The van der Waals surface area contributed by atoms with Crippen molar-refractivity contribution in [1.29, 1.82) is 0 Å². The Morgan fingerprint density at radius 2 is 1.89 bits per heavy atom. The van der Waals surface area contributed by atoms with Gasteiger partial charge in [-0.2, -0.15) is 10.2 Å². The highest BCUT2D eigenvalue weighted by atomic mass is 15.6. The van der Waals surface area contributed by atoms with Crippen molar-refractivity contribution in [2.24, 2.45) is 21.2 Å². The SMILES string of the molecule is CN1C=C(N=NC2N(C)C=NN2C)C2C=CC=CC21. The molecule has 3 rings (SSSR count). The molecule has 0 N–H and O–H groups in total. The molecule has 19 heavy (non-hydrogen) atoms. The number of likely N-dealkylation sites (N-methyl/N-ethyl adjacent to an activating group) is 1. The minimum Gasteiger partial charge on any atom is -0.371 e. The Hall–Kier alpha value is -2.11. The lowest BCUT2D eigenvalue weighted by molar-refractivity contribution is 0.182. The van der Waals surface area contributed by atoms with E-state index in [9.17, 15) is 0 Å². The summed E-state index contributed by atoms with van der Waals surface area (Å²) in [5.74, 6) is 0.302. The number of rotatable bonds is 2. The summed E-state index contributed by atoms with van der Waals surface area (Å²) < 4.78 is 0. The Kier molecular flexibility index (Phi) is 2.85. The molecule has 0 spiro atoms. The Balaban J connectivity index is 1.75. The predicted molar refractivity (Wildman–Crippen MR) is 74.1 cm³/mol. The van der Waals surface area contributed by atoms with E-state index in [1.54, 1.807) is 11.3 Å². The van der Waals surface area contributed by atoms with Gasteiger partial charge >= 0.3 is 0 Å². The summed E-state index contributed by atoms with van der Waals surface area (Å²) in [6.07, 6.45) is 12.2. The second-order valence-electron chi connectivity index (χ2n) is 5.04. The zero-order chi connectivity index (χ0) is 13.4. The third-order valence-electron chi connectivity index (χ3n) is 3.64. The molecule has 0 aromatic carbocycles. The van der Waals surface area contributed by atoms with Crippen LogP contribution in [0, 0.1) is 5.92 Å². The van der Waals surface area contributed by atoms with Gasteiger partial charge in [-0.15, -0.1) is 5.11 Å². The van der Waals surface area contributed by atoms with Gasteiger partial charge in [-0.05, 0) is 0 Å². The standard InChI is InChI=1S/C13H18N6/c1-17-8-11(10-6-4-5-7-12(10)17)15-16-13-18(2)9-14-19(13)3/h4-10,12-13H,1-3H3. The van der Waals surface area contributed by atoms with Crippen molar-refractivity contribution in [2.45, 2.75) is 12.3 Å². The quantitative estimate of drug-likeness (QED) is 0.704. The highest BCUT2D eigenvalue weighted by Crippen LogP contribution is 2.32. The van der Waals surface area contributed by atoms with Crippen molar-refractivity contribution < 1.29 is 0 Å². The molecule has 0 aromatic rings. The molecule has 3 unspecified atom stereocenters. The minimum absolute atomic E-state index is 0.145. The third-order valence-corrected chi connectivity index (χ3v) is 3.64. The van der Waals surface area contributed by atoms with E-state index in [1.807, 2.05) is 19.0 Å². The van der Waals surface area contributed by atoms with Gasteiger partial charge in [-0.3, -0.25) is 5.01 Å². The molecule has 3 aliphatic rings. The number of azo groups is 1. The van der Waals surface area contributed by atoms with E-state index in [2.05, 4.69) is 57.8 Å². The number of fused-ring (bicyclic) bond motifs is 1. The van der Waals surface area contributed by atoms with Gasteiger partial charge in [0.1, 0.15) is 6.34 Å². The molecule has 6 heteroatoms. The monoisotopic (exact) mass is 258 g/mol. The zero-order valence-electron chi connectivity index (χ0n) is 11.4. The van der Waals surface area contributed by atoms with Crippen molar-refractivity contribution in [1.82, 2.24) is 14.8 Å². The highest BCUT2D eigenvalue weighted by Gasteiger charge is 2.31. The molecule has 0 fully saturated rings. The van der Waals surface area contributed by atoms with Gasteiger partial charge in [0.25, 0.3) is 0 Å². The van der Waals surface area contributed by atoms with E-state index < -0.39 is 0 Å². The van der Waals surface area contributed by atoms with Gasteiger partial charge in [0.2, 0.25) is 6.29 Å². The summed E-state index contributed by atoms with van der Waals surface area (Å²) in [6, 6.07) is 0.370. The smallest absolute Gasteiger partial charge is 0.233 e. The lowest BCUT2D eigenvalue weighted by Crippen LogP contribution is -2.33. The molecular formula is C13H18N6. The van der Waals surface area contributed by atoms with Crippen LogP contribution < -0.4 is 0 Å². The molecule has 0 saturated carbocycles. The first-order valence-electron chi connectivity index (χ1n) is 6.35. The Bertz CT molecular complexity index is 491. The number of hydrogen-bond donors (Lipinski definition) is 0. The van der Waals surface area contributed by atoms with E-state index in [1.165, 1.54) is 0 Å². The van der Waals surface area contributed by atoms with Crippen molar-refractivity contribution >= 4 is 6.34 Å². The van der Waals surface area contributed by atoms with Gasteiger partial charge in [-0.1, -0.05) is 24.3 Å². The van der Waals surface area contributed by atoms with Crippen LogP contribution in [-0.2, 0) is 0 Å². The summed E-state index contributed by atoms with van der Waals surface area (Å²) in [6.45, 7) is 0. The van der Waals surface area contributed by atoms with Gasteiger partial charge in [0, 0.05) is 33.3 Å². The molecule has 0 saturated heterocycles. The van der Waals surface area contributed by atoms with E-state index in [0.717, 1.165) is 5.70 Å². The lowest BCUT2D eigenvalue weighted by atomic mass is 9.95. The summed E-state index contributed by atoms with van der Waals surface area (Å²) in [7, 11) is 5.91. The van der Waals surface area contributed by atoms with Crippen molar-refractivity contribution in [3.63, 3.8) is 0 Å². The first-order valence-corrected chi connectivity index (χ1v) is 6.35. The second-order valence-corrected chi connectivity index (χ2v) is 5.04. The van der Waals surface area contributed by atoms with Crippen LogP contribution >= 0.6 is 0 Å². The Morgan fingerprint density at radius 3 is 2.63 bits per heavy atom. The number of nitrogens with zero attached hydrogens (tertiary/aromatic N) is 6. The number of allylic oxidation sites excluding steroid dienone is 2. The van der Waals surface area contributed by atoms with Gasteiger partial charge in [0.05, 0.1) is 11.7 Å². The fourth-order valence-electron chi connectivity index (χ4n) is 2.55. The fourth-order valence-corrected chi connectivity index (χ4v) is 2.55. The molecular weight excluding hydrogens is 240 g/mol. The Labute approximate surface area is 113 Å². The second kappa shape index (κ2) is 4.53. The Morgan fingerprint density at radius 1 is 1.11 bits per heavy atom. The van der Waals surface area contributed by atoms with Gasteiger partial charge < -0.3 is 9.80 Å². The van der Waals surface area contributed by atoms with Crippen LogP contribution in [0.2, 0.25) is 0 Å². The normalized spacial score (nSPS) is 32.7. The number of hydrogen-bond acceptors (Lipinski definition) is 6. The summed E-state index contributed by atoms with van der Waals surface area (Å²) in [4.78, 5) is 4.11. The van der Waals surface area contributed by atoms with E-state index >= 15 is 0 Å². The summed E-state index contributed by atoms with van der Waals surface area (Å²) in [5.41, 5.74) is 1.00. The largest absolute Gasteiger partial charge is 0.371 e. The molecule has 0 radical (unpaired) electrons. The molecule has 3 atom stereocenters. The average molecular weight is 258 g/mol.